The van der Waals surface area contributed by atoms with Crippen LogP contribution in [0.25, 0.3) is 0 Å². The van der Waals surface area contributed by atoms with Gasteiger partial charge in [-0.15, -0.1) is 0 Å². The first-order chi connectivity index (χ1) is 8.27. The molecule has 18 heavy (non-hydrogen) atoms. The largest absolute Gasteiger partial charge is 0.416 e. The summed E-state index contributed by atoms with van der Waals surface area (Å²) in [4.78, 5) is 0. The summed E-state index contributed by atoms with van der Waals surface area (Å²) in [6, 6.07) is 4.47. The first-order valence-electron chi connectivity index (χ1n) is 6.46. The molecule has 0 heterocycles. The first-order valence-corrected chi connectivity index (χ1v) is 6.46. The van der Waals surface area contributed by atoms with E-state index in [1.54, 1.807) is 6.92 Å². The van der Waals surface area contributed by atoms with Crippen LogP contribution >= 0.6 is 0 Å². The Kier molecular flexibility index (Phi) is 3.43. The molecular weight excluding hydrogens is 237 g/mol. The number of rotatable bonds is 1. The van der Waals surface area contributed by atoms with Crippen LogP contribution in [0.1, 0.15) is 49.3 Å². The van der Waals surface area contributed by atoms with Gasteiger partial charge in [0, 0.05) is 0 Å². The fraction of sp³-hybridized carbons (Fsp3) is 0.600. The topological polar surface area (TPSA) is 0 Å². The smallest absolute Gasteiger partial charge is 0.166 e. The number of benzene rings is 1. The predicted molar refractivity (Wildman–Crippen MR) is 66.5 cm³/mol. The van der Waals surface area contributed by atoms with Crippen molar-refractivity contribution in [1.29, 1.82) is 0 Å². The van der Waals surface area contributed by atoms with Gasteiger partial charge in [-0.1, -0.05) is 25.5 Å². The lowest BCUT2D eigenvalue weighted by Gasteiger charge is -2.15. The Hall–Kier alpha value is -0.990. The number of hydrogen-bond acceptors (Lipinski definition) is 0. The van der Waals surface area contributed by atoms with Crippen molar-refractivity contribution < 1.29 is 13.2 Å². The average molecular weight is 256 g/mol. The Bertz CT molecular complexity index is 424. The highest BCUT2D eigenvalue weighted by Gasteiger charge is 2.33. The minimum atomic E-state index is -4.24. The van der Waals surface area contributed by atoms with E-state index in [0.29, 0.717) is 17.4 Å². The second-order valence-corrected chi connectivity index (χ2v) is 5.75. The highest BCUT2D eigenvalue weighted by Crippen LogP contribution is 2.43. The van der Waals surface area contributed by atoms with Gasteiger partial charge in [-0.2, -0.15) is 13.2 Å². The summed E-state index contributed by atoms with van der Waals surface area (Å²) < 4.78 is 38.4. The SMILES string of the molecule is Cc1cc(C2CC(C)C(C)C2)cc(C(F)(F)F)c1. The molecule has 0 bridgehead atoms. The van der Waals surface area contributed by atoms with Gasteiger partial charge in [0.2, 0.25) is 0 Å². The second kappa shape index (κ2) is 4.60. The molecule has 0 N–H and O–H groups in total. The van der Waals surface area contributed by atoms with E-state index in [4.69, 9.17) is 0 Å². The molecule has 0 radical (unpaired) electrons. The van der Waals surface area contributed by atoms with Gasteiger partial charge in [-0.25, -0.2) is 0 Å². The van der Waals surface area contributed by atoms with Gasteiger partial charge >= 0.3 is 6.18 Å². The number of halogens is 3. The van der Waals surface area contributed by atoms with Crippen molar-refractivity contribution in [2.24, 2.45) is 11.8 Å². The molecule has 1 aromatic rings. The third-order valence-corrected chi connectivity index (χ3v) is 4.18. The summed E-state index contributed by atoms with van der Waals surface area (Å²) >= 11 is 0. The summed E-state index contributed by atoms with van der Waals surface area (Å²) in [5, 5.41) is 0. The van der Waals surface area contributed by atoms with Crippen LogP contribution in [-0.2, 0) is 6.18 Å². The lowest BCUT2D eigenvalue weighted by Crippen LogP contribution is -2.07. The van der Waals surface area contributed by atoms with Crippen LogP contribution in [0.5, 0.6) is 0 Å². The molecule has 0 aromatic heterocycles. The summed E-state index contributed by atoms with van der Waals surface area (Å²) in [7, 11) is 0. The molecule has 0 aliphatic heterocycles. The summed E-state index contributed by atoms with van der Waals surface area (Å²) in [6.07, 6.45) is -2.24. The Morgan fingerprint density at radius 2 is 1.56 bits per heavy atom. The zero-order chi connectivity index (χ0) is 13.5. The van der Waals surface area contributed by atoms with Crippen molar-refractivity contribution in [3.63, 3.8) is 0 Å². The molecule has 2 unspecified atom stereocenters. The monoisotopic (exact) mass is 256 g/mol. The van der Waals surface area contributed by atoms with E-state index in [1.165, 1.54) is 12.1 Å². The molecule has 1 fully saturated rings. The van der Waals surface area contributed by atoms with E-state index in [1.807, 2.05) is 6.07 Å². The van der Waals surface area contributed by atoms with Gasteiger partial charge in [-0.3, -0.25) is 0 Å². The molecule has 2 atom stereocenters. The molecule has 1 aromatic carbocycles. The van der Waals surface area contributed by atoms with E-state index >= 15 is 0 Å². The lowest BCUT2D eigenvalue weighted by atomic mass is 9.93. The quantitative estimate of drug-likeness (QED) is 0.650. The minimum Gasteiger partial charge on any atom is -0.166 e. The van der Waals surface area contributed by atoms with Crippen molar-refractivity contribution in [3.8, 4) is 0 Å². The number of alkyl halides is 3. The summed E-state index contributed by atoms with van der Waals surface area (Å²) in [5.74, 6) is 1.49. The average Bonchev–Trinajstić information content (AvgIpc) is 2.57. The number of aryl methyl sites for hydroxylation is 1. The Morgan fingerprint density at radius 3 is 2.06 bits per heavy atom. The molecule has 0 amide bonds. The Labute approximate surface area is 106 Å². The molecule has 100 valence electrons. The summed E-state index contributed by atoms with van der Waals surface area (Å²) in [5.41, 5.74) is 1.05. The van der Waals surface area contributed by atoms with Gasteiger partial charge in [0.15, 0.2) is 0 Å². The van der Waals surface area contributed by atoms with Gasteiger partial charge in [0.05, 0.1) is 5.56 Å². The molecular formula is C15H19F3. The highest BCUT2D eigenvalue weighted by molar-refractivity contribution is 5.34. The Morgan fingerprint density at radius 1 is 1.00 bits per heavy atom. The van der Waals surface area contributed by atoms with E-state index < -0.39 is 11.7 Å². The van der Waals surface area contributed by atoms with Gasteiger partial charge in [-0.05, 0) is 55.2 Å². The normalized spacial score (nSPS) is 28.7. The van der Waals surface area contributed by atoms with E-state index in [2.05, 4.69) is 13.8 Å². The second-order valence-electron chi connectivity index (χ2n) is 5.75. The van der Waals surface area contributed by atoms with Crippen molar-refractivity contribution in [3.05, 3.63) is 34.9 Å². The maximum absolute atomic E-state index is 12.8. The summed E-state index contributed by atoms with van der Waals surface area (Å²) in [6.45, 7) is 6.11. The van der Waals surface area contributed by atoms with Crippen molar-refractivity contribution in [2.75, 3.05) is 0 Å². The molecule has 0 spiro atoms. The van der Waals surface area contributed by atoms with E-state index in [0.717, 1.165) is 18.4 Å². The minimum absolute atomic E-state index is 0.288. The zero-order valence-corrected chi connectivity index (χ0v) is 11.0. The fourth-order valence-electron chi connectivity index (χ4n) is 2.94. The molecule has 1 saturated carbocycles. The Balaban J connectivity index is 2.32. The predicted octanol–water partition coefficient (Wildman–Crippen LogP) is 5.16. The van der Waals surface area contributed by atoms with Crippen LogP contribution < -0.4 is 0 Å². The van der Waals surface area contributed by atoms with Gasteiger partial charge < -0.3 is 0 Å². The van der Waals surface area contributed by atoms with Crippen LogP contribution in [0.15, 0.2) is 18.2 Å². The third kappa shape index (κ3) is 2.70. The fourth-order valence-corrected chi connectivity index (χ4v) is 2.94. The highest BCUT2D eigenvalue weighted by atomic mass is 19.4. The zero-order valence-electron chi connectivity index (χ0n) is 11.0. The maximum Gasteiger partial charge on any atom is 0.416 e. The van der Waals surface area contributed by atoms with Crippen LogP contribution in [0.4, 0.5) is 13.2 Å². The van der Waals surface area contributed by atoms with Crippen LogP contribution in [0, 0.1) is 18.8 Å². The van der Waals surface area contributed by atoms with Crippen molar-refractivity contribution >= 4 is 0 Å². The molecule has 3 heteroatoms. The third-order valence-electron chi connectivity index (χ3n) is 4.18. The molecule has 1 aliphatic carbocycles. The van der Waals surface area contributed by atoms with Crippen LogP contribution in [0.3, 0.4) is 0 Å². The van der Waals surface area contributed by atoms with Crippen molar-refractivity contribution in [1.82, 2.24) is 0 Å². The van der Waals surface area contributed by atoms with Crippen LogP contribution in [-0.4, -0.2) is 0 Å². The molecule has 1 aliphatic rings. The van der Waals surface area contributed by atoms with Crippen LogP contribution in [0.2, 0.25) is 0 Å². The van der Waals surface area contributed by atoms with Gasteiger partial charge in [0.25, 0.3) is 0 Å². The van der Waals surface area contributed by atoms with E-state index in [-0.39, 0.29) is 5.92 Å². The maximum atomic E-state index is 12.8. The van der Waals surface area contributed by atoms with E-state index in [9.17, 15) is 13.2 Å². The molecule has 2 rings (SSSR count). The lowest BCUT2D eigenvalue weighted by molar-refractivity contribution is -0.137. The van der Waals surface area contributed by atoms with Crippen molar-refractivity contribution in [2.45, 2.75) is 45.7 Å². The van der Waals surface area contributed by atoms with Gasteiger partial charge in [0.1, 0.15) is 0 Å². The molecule has 0 nitrogen and oxygen atoms in total. The first kappa shape index (κ1) is 13.4. The standard InChI is InChI=1S/C15H19F3/c1-9-4-12(8-14(5-9)15(16,17)18)13-6-10(2)11(3)7-13/h4-5,8,10-11,13H,6-7H2,1-3H3. The molecule has 0 saturated heterocycles. The number of hydrogen-bond donors (Lipinski definition) is 0.